The molecule has 19 heavy (non-hydrogen) atoms. The summed E-state index contributed by atoms with van der Waals surface area (Å²) in [4.78, 5) is 2.42. The van der Waals surface area contributed by atoms with Gasteiger partial charge in [0.15, 0.2) is 0 Å². The maximum absolute atomic E-state index is 6.06. The van der Waals surface area contributed by atoms with Gasteiger partial charge in [0.05, 0.1) is 10.0 Å². The lowest BCUT2D eigenvalue weighted by atomic mass is 9.97. The van der Waals surface area contributed by atoms with Gasteiger partial charge in [-0.05, 0) is 63.5 Å². The van der Waals surface area contributed by atoms with Crippen LogP contribution >= 0.6 is 23.2 Å². The molecule has 2 unspecified atom stereocenters. The molecule has 0 bridgehead atoms. The molecule has 1 N–H and O–H groups in total. The number of nitrogens with one attached hydrogen (secondary N) is 1. The predicted molar refractivity (Wildman–Crippen MR) is 83.1 cm³/mol. The molecule has 2 atom stereocenters. The molecule has 106 valence electrons. The summed E-state index contributed by atoms with van der Waals surface area (Å²) in [5.74, 6) is 0.754. The third-order valence-electron chi connectivity index (χ3n) is 3.88. The number of halogens is 2. The van der Waals surface area contributed by atoms with Crippen molar-refractivity contribution in [2.75, 3.05) is 26.7 Å². The van der Waals surface area contributed by atoms with Crippen molar-refractivity contribution in [3.8, 4) is 0 Å². The predicted octanol–water partition coefficient (Wildman–Crippen LogP) is 3.99. The molecule has 1 saturated heterocycles. The van der Waals surface area contributed by atoms with E-state index in [1.165, 1.54) is 31.5 Å². The van der Waals surface area contributed by atoms with Crippen LogP contribution in [0.25, 0.3) is 0 Å². The molecule has 0 spiro atoms. The Labute approximate surface area is 126 Å². The van der Waals surface area contributed by atoms with Crippen molar-refractivity contribution >= 4 is 23.2 Å². The van der Waals surface area contributed by atoms with Gasteiger partial charge < -0.3 is 10.2 Å². The lowest BCUT2D eigenvalue weighted by molar-refractivity contribution is 0.203. The molecule has 1 aromatic rings. The molecule has 1 aromatic carbocycles. The number of piperidine rings is 1. The van der Waals surface area contributed by atoms with Gasteiger partial charge in [-0.3, -0.25) is 0 Å². The van der Waals surface area contributed by atoms with Gasteiger partial charge in [0.1, 0.15) is 0 Å². The highest BCUT2D eigenvalue weighted by atomic mass is 35.5. The summed E-state index contributed by atoms with van der Waals surface area (Å²) < 4.78 is 0. The van der Waals surface area contributed by atoms with Crippen molar-refractivity contribution < 1.29 is 0 Å². The normalized spacial score (nSPS) is 22.4. The molecule has 1 heterocycles. The molecule has 1 aliphatic heterocycles. The number of hydrogen-bond donors (Lipinski definition) is 1. The van der Waals surface area contributed by atoms with Crippen LogP contribution in [-0.4, -0.2) is 31.6 Å². The summed E-state index contributed by atoms with van der Waals surface area (Å²) in [6, 6.07) is 6.17. The Morgan fingerprint density at radius 2 is 2.16 bits per heavy atom. The molecule has 0 saturated carbocycles. The third-order valence-corrected chi connectivity index (χ3v) is 4.62. The second-order valence-corrected chi connectivity index (χ2v) is 6.39. The first-order chi connectivity index (χ1) is 9.06. The van der Waals surface area contributed by atoms with Crippen molar-refractivity contribution in [3.63, 3.8) is 0 Å². The molecular weight excluding hydrogens is 279 g/mol. The van der Waals surface area contributed by atoms with E-state index >= 15 is 0 Å². The molecule has 1 aliphatic rings. The zero-order valence-electron chi connectivity index (χ0n) is 11.6. The molecule has 0 amide bonds. The minimum atomic E-state index is 0.307. The summed E-state index contributed by atoms with van der Waals surface area (Å²) in [5, 5.41) is 4.85. The lowest BCUT2D eigenvalue weighted by Crippen LogP contribution is -2.37. The van der Waals surface area contributed by atoms with Gasteiger partial charge in [-0.2, -0.15) is 0 Å². The topological polar surface area (TPSA) is 15.3 Å². The van der Waals surface area contributed by atoms with Gasteiger partial charge in [-0.15, -0.1) is 0 Å². The van der Waals surface area contributed by atoms with E-state index in [2.05, 4.69) is 24.2 Å². The Balaban J connectivity index is 1.86. The summed E-state index contributed by atoms with van der Waals surface area (Å²) >= 11 is 12.0. The molecule has 0 aromatic heterocycles. The standard InChI is InChI=1S/C15H22Cl2N2/c1-11(13-5-6-14(16)15(17)8-13)18-9-12-4-3-7-19(2)10-12/h5-6,8,11-12,18H,3-4,7,9-10H2,1-2H3. The maximum atomic E-state index is 6.06. The zero-order chi connectivity index (χ0) is 13.8. The minimum Gasteiger partial charge on any atom is -0.310 e. The van der Waals surface area contributed by atoms with Crippen molar-refractivity contribution in [1.82, 2.24) is 10.2 Å². The van der Waals surface area contributed by atoms with Crippen molar-refractivity contribution in [1.29, 1.82) is 0 Å². The quantitative estimate of drug-likeness (QED) is 0.904. The average molecular weight is 301 g/mol. The number of nitrogens with zero attached hydrogens (tertiary/aromatic N) is 1. The van der Waals surface area contributed by atoms with Crippen LogP contribution < -0.4 is 5.32 Å². The fraction of sp³-hybridized carbons (Fsp3) is 0.600. The van der Waals surface area contributed by atoms with Crippen molar-refractivity contribution in [3.05, 3.63) is 33.8 Å². The fourth-order valence-electron chi connectivity index (χ4n) is 2.68. The Bertz CT molecular complexity index is 423. The average Bonchev–Trinajstić information content (AvgIpc) is 2.39. The molecule has 0 aliphatic carbocycles. The molecule has 4 heteroatoms. The van der Waals surface area contributed by atoms with E-state index in [0.29, 0.717) is 16.1 Å². The first kappa shape index (κ1) is 15.1. The van der Waals surface area contributed by atoms with Crippen LogP contribution in [0.5, 0.6) is 0 Å². The number of likely N-dealkylation sites (tertiary alicyclic amines) is 1. The Kier molecular flexibility index (Phi) is 5.52. The van der Waals surface area contributed by atoms with Crippen LogP contribution in [0, 0.1) is 5.92 Å². The first-order valence-corrected chi connectivity index (χ1v) is 7.68. The van der Waals surface area contributed by atoms with Crippen molar-refractivity contribution in [2.24, 2.45) is 5.92 Å². The van der Waals surface area contributed by atoms with Gasteiger partial charge in [0, 0.05) is 12.6 Å². The van der Waals surface area contributed by atoms with Gasteiger partial charge in [0.25, 0.3) is 0 Å². The summed E-state index contributed by atoms with van der Waals surface area (Å²) in [6.45, 7) is 5.66. The Morgan fingerprint density at radius 3 is 2.84 bits per heavy atom. The second-order valence-electron chi connectivity index (χ2n) is 5.57. The molecule has 2 rings (SSSR count). The molecule has 0 radical (unpaired) electrons. The van der Waals surface area contributed by atoms with Crippen LogP contribution in [0.1, 0.15) is 31.4 Å². The number of benzene rings is 1. The van der Waals surface area contributed by atoms with Crippen LogP contribution in [-0.2, 0) is 0 Å². The third kappa shape index (κ3) is 4.35. The smallest absolute Gasteiger partial charge is 0.0595 e. The number of rotatable bonds is 4. The van der Waals surface area contributed by atoms with E-state index in [1.54, 1.807) is 0 Å². The van der Waals surface area contributed by atoms with Gasteiger partial charge in [-0.25, -0.2) is 0 Å². The highest BCUT2D eigenvalue weighted by Crippen LogP contribution is 2.25. The largest absolute Gasteiger partial charge is 0.310 e. The zero-order valence-corrected chi connectivity index (χ0v) is 13.1. The van der Waals surface area contributed by atoms with E-state index in [1.807, 2.05) is 18.2 Å². The van der Waals surface area contributed by atoms with E-state index in [0.717, 1.165) is 12.5 Å². The van der Waals surface area contributed by atoms with Crippen molar-refractivity contribution in [2.45, 2.75) is 25.8 Å². The minimum absolute atomic E-state index is 0.307. The lowest BCUT2D eigenvalue weighted by Gasteiger charge is -2.30. The second kappa shape index (κ2) is 6.94. The summed E-state index contributed by atoms with van der Waals surface area (Å²) in [7, 11) is 2.20. The Hall–Kier alpha value is -0.280. The highest BCUT2D eigenvalue weighted by Gasteiger charge is 2.17. The van der Waals surface area contributed by atoms with Crippen LogP contribution in [0.4, 0.5) is 0 Å². The van der Waals surface area contributed by atoms with Gasteiger partial charge in [0.2, 0.25) is 0 Å². The first-order valence-electron chi connectivity index (χ1n) is 6.93. The van der Waals surface area contributed by atoms with E-state index in [9.17, 15) is 0 Å². The van der Waals surface area contributed by atoms with Gasteiger partial charge >= 0.3 is 0 Å². The molecule has 2 nitrogen and oxygen atoms in total. The van der Waals surface area contributed by atoms with Gasteiger partial charge in [-0.1, -0.05) is 29.3 Å². The number of hydrogen-bond acceptors (Lipinski definition) is 2. The van der Waals surface area contributed by atoms with E-state index in [-0.39, 0.29) is 0 Å². The summed E-state index contributed by atoms with van der Waals surface area (Å²) in [5.41, 5.74) is 1.19. The molecule has 1 fully saturated rings. The SMILES string of the molecule is CC(NCC1CCCN(C)C1)c1ccc(Cl)c(Cl)c1. The maximum Gasteiger partial charge on any atom is 0.0595 e. The van der Waals surface area contributed by atoms with E-state index in [4.69, 9.17) is 23.2 Å². The Morgan fingerprint density at radius 1 is 1.37 bits per heavy atom. The fourth-order valence-corrected chi connectivity index (χ4v) is 2.99. The molecular formula is C15H22Cl2N2. The van der Waals surface area contributed by atoms with Crippen LogP contribution in [0.2, 0.25) is 10.0 Å². The van der Waals surface area contributed by atoms with E-state index < -0.39 is 0 Å². The summed E-state index contributed by atoms with van der Waals surface area (Å²) in [6.07, 6.45) is 2.63. The monoisotopic (exact) mass is 300 g/mol. The van der Waals surface area contributed by atoms with Crippen LogP contribution in [0.3, 0.4) is 0 Å². The van der Waals surface area contributed by atoms with Crippen LogP contribution in [0.15, 0.2) is 18.2 Å². The highest BCUT2D eigenvalue weighted by molar-refractivity contribution is 6.42.